The molecule has 1 fully saturated rings. The van der Waals surface area contributed by atoms with Crippen LogP contribution in [0.25, 0.3) is 0 Å². The summed E-state index contributed by atoms with van der Waals surface area (Å²) in [7, 11) is 1.45. The molecular formula is C57H81N9O9. The lowest BCUT2D eigenvalue weighted by molar-refractivity contribution is -0.238. The first-order chi connectivity index (χ1) is 35.2. The summed E-state index contributed by atoms with van der Waals surface area (Å²) >= 11 is 0. The van der Waals surface area contributed by atoms with E-state index in [2.05, 4.69) is 44.0 Å². The number of nitrogens with zero attached hydrogens (tertiary/aromatic N) is 2. The van der Waals surface area contributed by atoms with Crippen LogP contribution in [0, 0.1) is 10.8 Å². The fourth-order valence-corrected chi connectivity index (χ4v) is 9.72. The maximum atomic E-state index is 14.5. The van der Waals surface area contributed by atoms with Crippen LogP contribution in [0.5, 0.6) is 0 Å². The van der Waals surface area contributed by atoms with E-state index in [9.17, 15) is 33.6 Å². The van der Waals surface area contributed by atoms with Crippen LogP contribution < -0.4 is 37.6 Å². The lowest BCUT2D eigenvalue weighted by Gasteiger charge is -2.36. The van der Waals surface area contributed by atoms with E-state index >= 15 is 0 Å². The van der Waals surface area contributed by atoms with Gasteiger partial charge in [0.2, 0.25) is 29.5 Å². The molecule has 18 nitrogen and oxygen atoms in total. The van der Waals surface area contributed by atoms with E-state index in [-0.39, 0.29) is 43.9 Å². The van der Waals surface area contributed by atoms with Crippen LogP contribution in [0.4, 0.5) is 4.79 Å². The lowest BCUT2D eigenvalue weighted by Crippen LogP contribution is -2.60. The van der Waals surface area contributed by atoms with Crippen LogP contribution in [0.1, 0.15) is 152 Å². The first-order valence-corrected chi connectivity index (χ1v) is 26.4. The predicted octanol–water partition coefficient (Wildman–Crippen LogP) is 5.44. The molecule has 0 aromatic heterocycles. The number of amides is 7. The van der Waals surface area contributed by atoms with Crippen LogP contribution in [0.3, 0.4) is 0 Å². The van der Waals surface area contributed by atoms with Crippen molar-refractivity contribution in [2.75, 3.05) is 20.1 Å². The van der Waals surface area contributed by atoms with Crippen molar-refractivity contribution in [3.63, 3.8) is 0 Å². The van der Waals surface area contributed by atoms with E-state index in [1.807, 2.05) is 57.2 Å². The van der Waals surface area contributed by atoms with Gasteiger partial charge < -0.3 is 42.4 Å². The van der Waals surface area contributed by atoms with Crippen molar-refractivity contribution in [3.05, 3.63) is 106 Å². The fourth-order valence-electron chi connectivity index (χ4n) is 9.72. The Kier molecular flexibility index (Phi) is 18.9. The van der Waals surface area contributed by atoms with Gasteiger partial charge in [0.05, 0.1) is 18.6 Å². The minimum absolute atomic E-state index is 0.0449. The highest BCUT2D eigenvalue weighted by Gasteiger charge is 2.43. The predicted molar refractivity (Wildman–Crippen MR) is 285 cm³/mol. The topological polar surface area (TPSA) is 243 Å². The van der Waals surface area contributed by atoms with Gasteiger partial charge >= 0.3 is 6.09 Å². The Morgan fingerprint density at radius 2 is 1.28 bits per heavy atom. The van der Waals surface area contributed by atoms with Crippen molar-refractivity contribution in [2.45, 2.75) is 175 Å². The summed E-state index contributed by atoms with van der Waals surface area (Å²) in [6.45, 7) is 17.7. The Morgan fingerprint density at radius 3 is 1.83 bits per heavy atom. The molecule has 2 aliphatic carbocycles. The largest absolute Gasteiger partial charge is 0.444 e. The van der Waals surface area contributed by atoms with Gasteiger partial charge in [0.25, 0.3) is 5.91 Å². The molecule has 1 aliphatic heterocycles. The van der Waals surface area contributed by atoms with Crippen molar-refractivity contribution in [3.8, 4) is 0 Å². The Hall–Kier alpha value is -6.37. The number of aryl methyl sites for hydroxylation is 2. The maximum Gasteiger partial charge on any atom is 0.410 e. The number of ether oxygens (including phenoxy) is 1. The highest BCUT2D eigenvalue weighted by atomic mass is 16.7. The van der Waals surface area contributed by atoms with Gasteiger partial charge in [-0.1, -0.05) is 102 Å². The maximum absolute atomic E-state index is 14.5. The minimum Gasteiger partial charge on any atom is -0.444 e. The molecule has 6 rings (SSSR count). The summed E-state index contributed by atoms with van der Waals surface area (Å²) in [4.78, 5) is 104. The number of carbonyl (C=O) groups is 7. The van der Waals surface area contributed by atoms with Crippen LogP contribution >= 0.6 is 0 Å². The Labute approximate surface area is 442 Å². The first-order valence-electron chi connectivity index (χ1n) is 26.4. The van der Waals surface area contributed by atoms with Gasteiger partial charge in [0, 0.05) is 37.0 Å². The molecule has 0 bridgehead atoms. The van der Waals surface area contributed by atoms with Crippen LogP contribution in [-0.4, -0.2) is 114 Å². The smallest absolute Gasteiger partial charge is 0.410 e. The number of hydrogen-bond acceptors (Lipinski definition) is 11. The van der Waals surface area contributed by atoms with Gasteiger partial charge in [0.1, 0.15) is 29.8 Å². The number of likely N-dealkylation sites (N-methyl/N-ethyl adjacent to an activating group) is 1. The van der Waals surface area contributed by atoms with Crippen molar-refractivity contribution < 1.29 is 43.1 Å². The molecule has 4 unspecified atom stereocenters. The number of fused-ring (bicyclic) bond motifs is 2. The third-order valence-electron chi connectivity index (χ3n) is 14.1. The van der Waals surface area contributed by atoms with Gasteiger partial charge in [-0.25, -0.2) is 4.79 Å². The van der Waals surface area contributed by atoms with Crippen molar-refractivity contribution >= 4 is 41.5 Å². The second-order valence-electron chi connectivity index (χ2n) is 23.5. The molecule has 75 heavy (non-hydrogen) atoms. The number of nitrogens with one attached hydrogen (secondary N) is 6. The molecule has 1 saturated heterocycles. The van der Waals surface area contributed by atoms with Crippen molar-refractivity contribution in [2.24, 2.45) is 16.6 Å². The van der Waals surface area contributed by atoms with E-state index in [0.29, 0.717) is 17.5 Å². The van der Waals surface area contributed by atoms with Crippen LogP contribution in [0.15, 0.2) is 72.8 Å². The Morgan fingerprint density at radius 1 is 0.707 bits per heavy atom. The van der Waals surface area contributed by atoms with Gasteiger partial charge in [-0.05, 0) is 118 Å². The zero-order valence-corrected chi connectivity index (χ0v) is 45.8. The molecule has 3 aliphatic rings. The fraction of sp³-hybridized carbons (Fsp3) is 0.561. The molecule has 7 amide bonds. The molecule has 8 atom stereocenters. The summed E-state index contributed by atoms with van der Waals surface area (Å²) in [6.07, 6.45) is 3.85. The average Bonchev–Trinajstić information content (AvgIpc) is 3.75. The summed E-state index contributed by atoms with van der Waals surface area (Å²) in [6, 6.07) is 17.8. The van der Waals surface area contributed by atoms with Crippen molar-refractivity contribution in [1.29, 1.82) is 0 Å². The molecule has 3 aromatic carbocycles. The highest BCUT2D eigenvalue weighted by molar-refractivity contribution is 5.95. The second-order valence-corrected chi connectivity index (χ2v) is 23.5. The lowest BCUT2D eigenvalue weighted by atomic mass is 9.85. The number of benzene rings is 3. The molecule has 18 heteroatoms. The van der Waals surface area contributed by atoms with Gasteiger partial charge in [0.15, 0.2) is 6.23 Å². The minimum atomic E-state index is -1.12. The van der Waals surface area contributed by atoms with Crippen molar-refractivity contribution in [1.82, 2.24) is 41.9 Å². The summed E-state index contributed by atoms with van der Waals surface area (Å²) in [5, 5.41) is 19.7. The van der Waals surface area contributed by atoms with E-state index in [4.69, 9.17) is 15.3 Å². The SMILES string of the molecule is C[C@H](C(=O)N[C@@H](C(=O)N[C@@H](Cc1ccc(C(=O)NC2CC(C(=O)NC3CCCc4ccccc43)N(OC(NC(=O)CN)C(C)(C)C)C2)cc1)C(=O)N[C@@H]1CCCc2ccccc21)C(C)(C)C)N(C)C(=O)OC(C)(C)C. The number of hydroxylamine groups is 2. The molecule has 0 radical (unpaired) electrons. The molecule has 1 heterocycles. The summed E-state index contributed by atoms with van der Waals surface area (Å²) in [5.41, 5.74) is 8.87. The molecule has 408 valence electrons. The third-order valence-corrected chi connectivity index (χ3v) is 14.1. The average molecular weight is 1040 g/mol. The zero-order valence-electron chi connectivity index (χ0n) is 45.8. The summed E-state index contributed by atoms with van der Waals surface area (Å²) in [5.74, 6) is -2.67. The summed E-state index contributed by atoms with van der Waals surface area (Å²) < 4.78 is 5.47. The quantitative estimate of drug-likeness (QED) is 0.0840. The standard InChI is InChI=1S/C57H81N9O9/c1-34(65(11)54(73)74-57(8,9)10)48(68)64-47(55(2,3)4)52(72)62-44(50(70)60-42-24-16-20-36-18-12-14-22-40(36)42)30-35-26-28-38(29-27-35)49(69)59-39-31-45(66(33-39)75-53(56(5,6)7)63-46(67)32-58)51(71)61-43-25-17-21-37-19-13-15-23-41(37)43/h12-15,18-19,22-23,26-29,34,39,42-45,47,53H,16-17,20-21,24-25,30-33,58H2,1-11H3,(H,59,69)(H,60,70)(H,61,71)(H,62,72)(H,63,67)(H,64,68)/t34-,39?,42-,43?,44+,45?,47+,53?/m1/s1. The van der Waals surface area contributed by atoms with Crippen LogP contribution in [0.2, 0.25) is 0 Å². The Bertz CT molecular complexity index is 2530. The monoisotopic (exact) mass is 1040 g/mol. The highest BCUT2D eigenvalue weighted by Crippen LogP contribution is 2.33. The Balaban J connectivity index is 1.19. The molecular weight excluding hydrogens is 955 g/mol. The van der Waals surface area contributed by atoms with E-state index in [0.717, 1.165) is 48.8 Å². The number of hydrogen-bond donors (Lipinski definition) is 7. The van der Waals surface area contributed by atoms with Gasteiger partial charge in [-0.15, -0.1) is 0 Å². The molecule has 0 spiro atoms. The van der Waals surface area contributed by atoms with E-state index < -0.39 is 88.5 Å². The van der Waals surface area contributed by atoms with E-state index in [1.165, 1.54) is 17.5 Å². The second kappa shape index (κ2) is 24.5. The zero-order chi connectivity index (χ0) is 55.0. The number of rotatable bonds is 17. The number of nitrogens with two attached hydrogens (primary N) is 1. The molecule has 0 saturated carbocycles. The van der Waals surface area contributed by atoms with E-state index in [1.54, 1.807) is 77.8 Å². The third kappa shape index (κ3) is 15.6. The molecule has 3 aromatic rings. The van der Waals surface area contributed by atoms with Gasteiger partial charge in [-0.2, -0.15) is 5.06 Å². The normalized spacial score (nSPS) is 20.4. The van der Waals surface area contributed by atoms with Gasteiger partial charge in [-0.3, -0.25) is 38.5 Å². The first kappa shape index (κ1) is 57.9. The van der Waals surface area contributed by atoms with Crippen LogP contribution in [-0.2, 0) is 52.8 Å². The number of carbonyl (C=O) groups excluding carboxylic acids is 7. The molecule has 8 N–H and O–H groups in total.